The lowest BCUT2D eigenvalue weighted by Crippen LogP contribution is -2.36. The highest BCUT2D eigenvalue weighted by Crippen LogP contribution is 2.18. The average Bonchev–Trinajstić information content (AvgIpc) is 2.83. The Labute approximate surface area is 87.4 Å². The van der Waals surface area contributed by atoms with Crippen LogP contribution >= 0.6 is 0 Å². The Morgan fingerprint density at radius 2 is 2.33 bits per heavy atom. The molecule has 0 spiro atoms. The lowest BCUT2D eigenvalue weighted by atomic mass is 10.1. The highest BCUT2D eigenvalue weighted by molar-refractivity contribution is 5.19. The van der Waals surface area contributed by atoms with E-state index in [0.29, 0.717) is 13.2 Å². The second kappa shape index (κ2) is 3.50. The monoisotopic (exact) mass is 209 g/mol. The molecule has 1 aromatic heterocycles. The zero-order valence-electron chi connectivity index (χ0n) is 8.58. The van der Waals surface area contributed by atoms with Crippen molar-refractivity contribution < 1.29 is 4.74 Å². The molecule has 0 bridgehead atoms. The van der Waals surface area contributed by atoms with E-state index in [1.807, 2.05) is 0 Å². The van der Waals surface area contributed by atoms with Gasteiger partial charge in [0.25, 0.3) is 5.56 Å². The summed E-state index contributed by atoms with van der Waals surface area (Å²) in [6, 6.07) is 0.289. The van der Waals surface area contributed by atoms with E-state index in [4.69, 9.17) is 4.74 Å². The summed E-state index contributed by atoms with van der Waals surface area (Å²) in [5, 5.41) is 6.49. The van der Waals surface area contributed by atoms with E-state index in [9.17, 15) is 4.79 Å². The highest BCUT2D eigenvalue weighted by Gasteiger charge is 2.24. The number of aromatic nitrogens is 2. The van der Waals surface area contributed by atoms with E-state index in [0.717, 1.165) is 37.2 Å². The van der Waals surface area contributed by atoms with Crippen molar-refractivity contribution in [2.24, 2.45) is 0 Å². The van der Waals surface area contributed by atoms with E-state index in [2.05, 4.69) is 10.4 Å². The SMILES string of the molecule is O=c1c2c([nH]n1C1CCCNC1)COC2. The number of ether oxygens (including phenoxy) is 1. The minimum Gasteiger partial charge on any atom is -0.370 e. The first-order valence-electron chi connectivity index (χ1n) is 5.47. The normalized spacial score (nSPS) is 25.5. The molecule has 0 radical (unpaired) electrons. The Balaban J connectivity index is 1.95. The van der Waals surface area contributed by atoms with Gasteiger partial charge in [0, 0.05) is 6.54 Å². The fourth-order valence-corrected chi connectivity index (χ4v) is 2.37. The van der Waals surface area contributed by atoms with Crippen molar-refractivity contribution in [2.75, 3.05) is 13.1 Å². The zero-order valence-corrected chi connectivity index (χ0v) is 8.58. The van der Waals surface area contributed by atoms with Crippen LogP contribution in [0, 0.1) is 0 Å². The molecule has 3 heterocycles. The Kier molecular flexibility index (Phi) is 2.14. The van der Waals surface area contributed by atoms with Crippen LogP contribution in [-0.4, -0.2) is 22.9 Å². The largest absolute Gasteiger partial charge is 0.370 e. The van der Waals surface area contributed by atoms with Gasteiger partial charge >= 0.3 is 0 Å². The first kappa shape index (κ1) is 9.18. The molecule has 2 aliphatic rings. The fraction of sp³-hybridized carbons (Fsp3) is 0.700. The summed E-state index contributed by atoms with van der Waals surface area (Å²) in [5.74, 6) is 0. The first-order chi connectivity index (χ1) is 7.36. The molecule has 2 N–H and O–H groups in total. The number of fused-ring (bicyclic) bond motifs is 1. The maximum atomic E-state index is 12.0. The minimum absolute atomic E-state index is 0.108. The predicted molar refractivity (Wildman–Crippen MR) is 54.7 cm³/mol. The van der Waals surface area contributed by atoms with E-state index in [1.165, 1.54) is 0 Å². The molecule has 1 unspecified atom stereocenters. The van der Waals surface area contributed by atoms with Gasteiger partial charge in [-0.15, -0.1) is 0 Å². The Morgan fingerprint density at radius 3 is 3.07 bits per heavy atom. The lowest BCUT2D eigenvalue weighted by molar-refractivity contribution is 0.129. The van der Waals surface area contributed by atoms with Gasteiger partial charge in [0.1, 0.15) is 0 Å². The third-order valence-electron chi connectivity index (χ3n) is 3.23. The lowest BCUT2D eigenvalue weighted by Gasteiger charge is -2.23. The molecule has 1 aromatic rings. The van der Waals surface area contributed by atoms with E-state index in [-0.39, 0.29) is 11.6 Å². The smallest absolute Gasteiger partial charge is 0.272 e. The van der Waals surface area contributed by atoms with Gasteiger partial charge in [0.15, 0.2) is 0 Å². The van der Waals surface area contributed by atoms with E-state index in [1.54, 1.807) is 4.68 Å². The van der Waals surface area contributed by atoms with Gasteiger partial charge in [0.05, 0.1) is 30.5 Å². The van der Waals surface area contributed by atoms with Crippen molar-refractivity contribution in [3.63, 3.8) is 0 Å². The second-order valence-electron chi connectivity index (χ2n) is 4.24. The van der Waals surface area contributed by atoms with Crippen molar-refractivity contribution in [1.29, 1.82) is 0 Å². The number of rotatable bonds is 1. The van der Waals surface area contributed by atoms with Gasteiger partial charge in [-0.25, -0.2) is 4.68 Å². The summed E-state index contributed by atoms with van der Waals surface area (Å²) >= 11 is 0. The minimum atomic E-state index is 0.108. The molecular formula is C10H15N3O2. The first-order valence-corrected chi connectivity index (χ1v) is 5.47. The van der Waals surface area contributed by atoms with Crippen molar-refractivity contribution in [3.05, 3.63) is 21.6 Å². The summed E-state index contributed by atoms with van der Waals surface area (Å²) in [6.45, 7) is 2.98. The molecule has 2 aliphatic heterocycles. The quantitative estimate of drug-likeness (QED) is 0.691. The summed E-state index contributed by atoms with van der Waals surface area (Å²) < 4.78 is 7.00. The predicted octanol–water partition coefficient (Wildman–Crippen LogP) is 0.131. The van der Waals surface area contributed by atoms with Gasteiger partial charge in [-0.2, -0.15) is 0 Å². The van der Waals surface area contributed by atoms with Crippen LogP contribution in [-0.2, 0) is 18.0 Å². The Morgan fingerprint density at radius 1 is 1.40 bits per heavy atom. The van der Waals surface area contributed by atoms with Crippen molar-refractivity contribution in [3.8, 4) is 0 Å². The molecule has 0 aromatic carbocycles. The van der Waals surface area contributed by atoms with E-state index < -0.39 is 0 Å². The van der Waals surface area contributed by atoms with Crippen LogP contribution in [0.4, 0.5) is 0 Å². The summed E-state index contributed by atoms with van der Waals surface area (Å²) in [7, 11) is 0. The Hall–Kier alpha value is -1.07. The maximum absolute atomic E-state index is 12.0. The number of nitrogens with one attached hydrogen (secondary N) is 2. The third kappa shape index (κ3) is 1.42. The molecule has 15 heavy (non-hydrogen) atoms. The number of hydrogen-bond acceptors (Lipinski definition) is 3. The van der Waals surface area contributed by atoms with Crippen LogP contribution in [0.15, 0.2) is 4.79 Å². The molecule has 5 nitrogen and oxygen atoms in total. The standard InChI is InChI=1S/C10H15N3O2/c14-10-8-5-15-6-9(8)12-13(10)7-2-1-3-11-4-7/h7,11-12H,1-6H2. The van der Waals surface area contributed by atoms with Crippen LogP contribution < -0.4 is 10.9 Å². The number of piperidine rings is 1. The number of nitrogens with zero attached hydrogens (tertiary/aromatic N) is 1. The molecule has 0 amide bonds. The molecule has 1 fully saturated rings. The van der Waals surface area contributed by atoms with Crippen LogP contribution in [0.3, 0.4) is 0 Å². The number of aromatic amines is 1. The molecule has 0 aliphatic carbocycles. The summed E-state index contributed by atoms with van der Waals surface area (Å²) in [5.41, 5.74) is 1.89. The van der Waals surface area contributed by atoms with Gasteiger partial charge in [0.2, 0.25) is 0 Å². The van der Waals surface area contributed by atoms with Crippen LogP contribution in [0.25, 0.3) is 0 Å². The third-order valence-corrected chi connectivity index (χ3v) is 3.23. The van der Waals surface area contributed by atoms with Gasteiger partial charge < -0.3 is 10.1 Å². The fourth-order valence-electron chi connectivity index (χ4n) is 2.37. The van der Waals surface area contributed by atoms with Gasteiger partial charge in [-0.05, 0) is 19.4 Å². The van der Waals surface area contributed by atoms with Crippen LogP contribution in [0.2, 0.25) is 0 Å². The summed E-state index contributed by atoms with van der Waals surface area (Å²) in [4.78, 5) is 12.0. The van der Waals surface area contributed by atoms with Gasteiger partial charge in [-0.1, -0.05) is 0 Å². The highest BCUT2D eigenvalue weighted by atomic mass is 16.5. The van der Waals surface area contributed by atoms with Crippen LogP contribution in [0.1, 0.15) is 30.1 Å². The van der Waals surface area contributed by atoms with Crippen molar-refractivity contribution in [2.45, 2.75) is 32.1 Å². The molecule has 1 saturated heterocycles. The molecule has 82 valence electrons. The topological polar surface area (TPSA) is 59.0 Å². The van der Waals surface area contributed by atoms with E-state index >= 15 is 0 Å². The molecule has 0 saturated carbocycles. The van der Waals surface area contributed by atoms with Crippen molar-refractivity contribution in [1.82, 2.24) is 15.1 Å². The van der Waals surface area contributed by atoms with Crippen LogP contribution in [0.5, 0.6) is 0 Å². The average molecular weight is 209 g/mol. The zero-order chi connectivity index (χ0) is 10.3. The number of hydrogen-bond donors (Lipinski definition) is 2. The van der Waals surface area contributed by atoms with Crippen molar-refractivity contribution >= 4 is 0 Å². The molecule has 5 heteroatoms. The summed E-state index contributed by atoms with van der Waals surface area (Å²) in [6.07, 6.45) is 2.21. The number of H-pyrrole nitrogens is 1. The molecule has 3 rings (SSSR count). The molecule has 1 atom stereocenters. The maximum Gasteiger partial charge on any atom is 0.272 e. The van der Waals surface area contributed by atoms with Gasteiger partial charge in [-0.3, -0.25) is 9.89 Å². The second-order valence-corrected chi connectivity index (χ2v) is 4.24. The Bertz CT molecular complexity index is 415. The molecular weight excluding hydrogens is 194 g/mol.